The number of fused-ring (bicyclic) bond motifs is 1. The number of hydrogen-bond acceptors (Lipinski definition) is 3. The first-order chi connectivity index (χ1) is 11.1. The summed E-state index contributed by atoms with van der Waals surface area (Å²) in [4.78, 5) is 28.3. The van der Waals surface area contributed by atoms with Crippen LogP contribution in [0.2, 0.25) is 5.02 Å². The molecule has 0 unspecified atom stereocenters. The molecule has 0 aliphatic carbocycles. The SMILES string of the molecule is CNC(=O)c1ccc(Cn2cnc3c(Cl)cccc3c2=O)cc1. The Morgan fingerprint density at radius 3 is 2.65 bits per heavy atom. The van der Waals surface area contributed by atoms with Crippen molar-refractivity contribution in [2.24, 2.45) is 0 Å². The van der Waals surface area contributed by atoms with E-state index in [9.17, 15) is 9.59 Å². The third kappa shape index (κ3) is 2.96. The highest BCUT2D eigenvalue weighted by molar-refractivity contribution is 6.34. The fourth-order valence-electron chi connectivity index (χ4n) is 2.37. The topological polar surface area (TPSA) is 64.0 Å². The molecule has 23 heavy (non-hydrogen) atoms. The molecule has 0 aliphatic heterocycles. The zero-order valence-electron chi connectivity index (χ0n) is 12.4. The highest BCUT2D eigenvalue weighted by Crippen LogP contribution is 2.18. The van der Waals surface area contributed by atoms with Gasteiger partial charge in [-0.25, -0.2) is 4.98 Å². The summed E-state index contributed by atoms with van der Waals surface area (Å²) in [6.07, 6.45) is 1.49. The third-order valence-electron chi connectivity index (χ3n) is 3.60. The maximum Gasteiger partial charge on any atom is 0.261 e. The summed E-state index contributed by atoms with van der Waals surface area (Å²) in [5.74, 6) is -0.143. The highest BCUT2D eigenvalue weighted by Gasteiger charge is 2.08. The summed E-state index contributed by atoms with van der Waals surface area (Å²) in [7, 11) is 1.59. The fourth-order valence-corrected chi connectivity index (χ4v) is 2.59. The zero-order valence-corrected chi connectivity index (χ0v) is 13.2. The van der Waals surface area contributed by atoms with E-state index in [2.05, 4.69) is 10.3 Å². The number of carbonyl (C=O) groups excluding carboxylic acids is 1. The fraction of sp³-hybridized carbons (Fsp3) is 0.118. The normalized spacial score (nSPS) is 10.7. The zero-order chi connectivity index (χ0) is 16.4. The van der Waals surface area contributed by atoms with Gasteiger partial charge in [-0.1, -0.05) is 29.8 Å². The molecule has 0 bridgehead atoms. The number of rotatable bonds is 3. The number of benzene rings is 2. The predicted octanol–water partition coefficient (Wildman–Crippen LogP) is 2.46. The van der Waals surface area contributed by atoms with E-state index in [0.29, 0.717) is 28.0 Å². The van der Waals surface area contributed by atoms with E-state index in [1.807, 2.05) is 12.1 Å². The molecule has 1 aromatic heterocycles. The minimum atomic E-state index is -0.145. The average molecular weight is 328 g/mol. The monoisotopic (exact) mass is 327 g/mol. The van der Waals surface area contributed by atoms with Crippen LogP contribution in [0.25, 0.3) is 10.9 Å². The summed E-state index contributed by atoms with van der Waals surface area (Å²) in [6.45, 7) is 0.377. The highest BCUT2D eigenvalue weighted by atomic mass is 35.5. The molecule has 5 nitrogen and oxygen atoms in total. The number of aromatic nitrogens is 2. The molecular weight excluding hydrogens is 314 g/mol. The van der Waals surface area contributed by atoms with Crippen LogP contribution in [0.3, 0.4) is 0 Å². The lowest BCUT2D eigenvalue weighted by atomic mass is 10.1. The molecule has 1 heterocycles. The van der Waals surface area contributed by atoms with Gasteiger partial charge in [-0.05, 0) is 29.8 Å². The summed E-state index contributed by atoms with van der Waals surface area (Å²) >= 11 is 6.05. The van der Waals surface area contributed by atoms with Crippen LogP contribution in [0.5, 0.6) is 0 Å². The summed E-state index contributed by atoms with van der Waals surface area (Å²) in [5.41, 5.74) is 1.84. The van der Waals surface area contributed by atoms with Gasteiger partial charge >= 0.3 is 0 Å². The Hall–Kier alpha value is -2.66. The van der Waals surface area contributed by atoms with Gasteiger partial charge in [0.1, 0.15) is 0 Å². The number of para-hydroxylation sites is 1. The third-order valence-corrected chi connectivity index (χ3v) is 3.91. The maximum atomic E-state index is 12.5. The van der Waals surface area contributed by atoms with Gasteiger partial charge in [-0.15, -0.1) is 0 Å². The van der Waals surface area contributed by atoms with Gasteiger partial charge in [0.15, 0.2) is 0 Å². The van der Waals surface area contributed by atoms with E-state index in [-0.39, 0.29) is 11.5 Å². The minimum Gasteiger partial charge on any atom is -0.355 e. The second kappa shape index (κ2) is 6.22. The Balaban J connectivity index is 1.94. The number of nitrogens with one attached hydrogen (secondary N) is 1. The molecule has 6 heteroatoms. The van der Waals surface area contributed by atoms with Gasteiger partial charge in [0, 0.05) is 12.6 Å². The van der Waals surface area contributed by atoms with Crippen molar-refractivity contribution in [3.8, 4) is 0 Å². The lowest BCUT2D eigenvalue weighted by Crippen LogP contribution is -2.21. The van der Waals surface area contributed by atoms with E-state index in [0.717, 1.165) is 5.56 Å². The van der Waals surface area contributed by atoms with Gasteiger partial charge in [-0.3, -0.25) is 14.2 Å². The van der Waals surface area contributed by atoms with Gasteiger partial charge in [0.2, 0.25) is 0 Å². The van der Waals surface area contributed by atoms with Crippen LogP contribution < -0.4 is 10.9 Å². The Morgan fingerprint density at radius 2 is 1.96 bits per heavy atom. The summed E-state index contributed by atoms with van der Waals surface area (Å²) in [6, 6.07) is 12.2. The second-order valence-corrected chi connectivity index (χ2v) is 5.50. The van der Waals surface area contributed by atoms with Crippen molar-refractivity contribution in [1.29, 1.82) is 0 Å². The van der Waals surface area contributed by atoms with Crippen molar-refractivity contribution in [1.82, 2.24) is 14.9 Å². The Morgan fingerprint density at radius 1 is 1.22 bits per heavy atom. The number of hydrogen-bond donors (Lipinski definition) is 1. The van der Waals surface area contributed by atoms with Crippen LogP contribution in [0.15, 0.2) is 53.6 Å². The molecule has 0 aliphatic rings. The molecule has 0 fully saturated rings. The number of amides is 1. The largest absolute Gasteiger partial charge is 0.355 e. The van der Waals surface area contributed by atoms with Gasteiger partial charge in [-0.2, -0.15) is 0 Å². The lowest BCUT2D eigenvalue weighted by Gasteiger charge is -2.08. The van der Waals surface area contributed by atoms with Crippen LogP contribution >= 0.6 is 11.6 Å². The smallest absolute Gasteiger partial charge is 0.261 e. The van der Waals surface area contributed by atoms with Crippen molar-refractivity contribution < 1.29 is 4.79 Å². The van der Waals surface area contributed by atoms with Crippen LogP contribution in [0.1, 0.15) is 15.9 Å². The van der Waals surface area contributed by atoms with E-state index in [1.54, 1.807) is 37.4 Å². The standard InChI is InChI=1S/C17H14ClN3O2/c1-19-16(22)12-7-5-11(6-8-12)9-21-10-20-15-13(17(21)23)3-2-4-14(15)18/h2-8,10H,9H2,1H3,(H,19,22). The van der Waals surface area contributed by atoms with Crippen molar-refractivity contribution in [2.45, 2.75) is 6.54 Å². The molecular formula is C17H14ClN3O2. The maximum absolute atomic E-state index is 12.5. The predicted molar refractivity (Wildman–Crippen MR) is 89.9 cm³/mol. The van der Waals surface area contributed by atoms with Crippen molar-refractivity contribution in [3.63, 3.8) is 0 Å². The Labute approximate surface area is 137 Å². The number of nitrogens with zero attached hydrogens (tertiary/aromatic N) is 2. The Bertz CT molecular complexity index is 933. The van der Waals surface area contributed by atoms with Crippen LogP contribution in [-0.2, 0) is 6.54 Å². The molecule has 3 rings (SSSR count). The number of halogens is 1. The Kier molecular flexibility index (Phi) is 4.12. The average Bonchev–Trinajstić information content (AvgIpc) is 2.58. The van der Waals surface area contributed by atoms with Gasteiger partial charge in [0.25, 0.3) is 11.5 Å². The molecule has 0 radical (unpaired) electrons. The minimum absolute atomic E-state index is 0.143. The first-order valence-electron chi connectivity index (χ1n) is 7.05. The first kappa shape index (κ1) is 15.2. The van der Waals surface area contributed by atoms with Crippen molar-refractivity contribution in [2.75, 3.05) is 7.05 Å². The quantitative estimate of drug-likeness (QED) is 0.803. The van der Waals surface area contributed by atoms with E-state index < -0.39 is 0 Å². The number of carbonyl (C=O) groups is 1. The van der Waals surface area contributed by atoms with Crippen LogP contribution in [0, 0.1) is 0 Å². The first-order valence-corrected chi connectivity index (χ1v) is 7.42. The molecule has 116 valence electrons. The molecule has 3 aromatic rings. The van der Waals surface area contributed by atoms with Crippen LogP contribution in [0.4, 0.5) is 0 Å². The molecule has 0 saturated carbocycles. The summed E-state index contributed by atoms with van der Waals surface area (Å²) < 4.78 is 1.52. The van der Waals surface area contributed by atoms with E-state index in [1.165, 1.54) is 10.9 Å². The van der Waals surface area contributed by atoms with Crippen molar-refractivity contribution in [3.05, 3.63) is 75.3 Å². The van der Waals surface area contributed by atoms with Gasteiger partial charge < -0.3 is 5.32 Å². The molecule has 2 aromatic carbocycles. The molecule has 1 amide bonds. The van der Waals surface area contributed by atoms with Crippen molar-refractivity contribution >= 4 is 28.4 Å². The lowest BCUT2D eigenvalue weighted by molar-refractivity contribution is 0.0963. The molecule has 0 saturated heterocycles. The molecule has 0 atom stereocenters. The van der Waals surface area contributed by atoms with E-state index in [4.69, 9.17) is 11.6 Å². The molecule has 1 N–H and O–H groups in total. The van der Waals surface area contributed by atoms with Crippen LogP contribution in [-0.4, -0.2) is 22.5 Å². The van der Waals surface area contributed by atoms with Gasteiger partial charge in [0.05, 0.1) is 28.8 Å². The summed E-state index contributed by atoms with van der Waals surface area (Å²) in [5, 5.41) is 3.52. The second-order valence-electron chi connectivity index (χ2n) is 5.09. The molecule has 0 spiro atoms. The van der Waals surface area contributed by atoms with E-state index >= 15 is 0 Å².